The molecular formula is C22H24Cl2N4O2. The van der Waals surface area contributed by atoms with Gasteiger partial charge in [-0.2, -0.15) is 5.26 Å². The molecule has 3 aliphatic rings. The summed E-state index contributed by atoms with van der Waals surface area (Å²) >= 11 is 12.4. The second-order valence-corrected chi connectivity index (χ2v) is 9.51. The lowest BCUT2D eigenvalue weighted by atomic mass is 9.69. The topological polar surface area (TPSA) is 82.6 Å². The van der Waals surface area contributed by atoms with E-state index in [0.717, 1.165) is 11.3 Å². The molecule has 1 atom stereocenters. The maximum absolute atomic E-state index is 13.4. The first-order valence-electron chi connectivity index (χ1n) is 9.97. The van der Waals surface area contributed by atoms with Gasteiger partial charge in [-0.05, 0) is 29.5 Å². The Morgan fingerprint density at radius 1 is 1.20 bits per heavy atom. The Labute approximate surface area is 186 Å². The Morgan fingerprint density at radius 3 is 2.53 bits per heavy atom. The third kappa shape index (κ3) is 3.61. The number of hydrogen-bond acceptors (Lipinski definition) is 6. The van der Waals surface area contributed by atoms with E-state index in [0.29, 0.717) is 66.2 Å². The molecule has 0 saturated carbocycles. The van der Waals surface area contributed by atoms with Gasteiger partial charge in [-0.1, -0.05) is 43.1 Å². The van der Waals surface area contributed by atoms with Crippen molar-refractivity contribution in [1.82, 2.24) is 10.0 Å². The summed E-state index contributed by atoms with van der Waals surface area (Å²) in [5, 5.41) is 14.8. The van der Waals surface area contributed by atoms with E-state index in [1.165, 1.54) is 0 Å². The van der Waals surface area contributed by atoms with Crippen molar-refractivity contribution in [3.63, 3.8) is 0 Å². The zero-order valence-electron chi connectivity index (χ0n) is 17.0. The standard InChI is InChI=1S/C22H24Cl2N4O2/c1-22(2)10-17-20(18(29)11-22)19(13-3-4-15(23)16(24)9-13)14(12-25)21(26)28(17)27-5-7-30-8-6-27/h3-4,9,19H,5-8,10-11,26H2,1-2H3. The highest BCUT2D eigenvalue weighted by molar-refractivity contribution is 6.42. The van der Waals surface area contributed by atoms with Crippen LogP contribution in [0.2, 0.25) is 10.0 Å². The summed E-state index contributed by atoms with van der Waals surface area (Å²) in [7, 11) is 0. The molecule has 0 aromatic heterocycles. The normalized spacial score (nSPS) is 24.7. The summed E-state index contributed by atoms with van der Waals surface area (Å²) in [4.78, 5) is 13.4. The predicted molar refractivity (Wildman–Crippen MR) is 115 cm³/mol. The smallest absolute Gasteiger partial charge is 0.162 e. The first-order chi connectivity index (χ1) is 14.2. The van der Waals surface area contributed by atoms with E-state index < -0.39 is 5.92 Å². The van der Waals surface area contributed by atoms with Crippen LogP contribution in [0.3, 0.4) is 0 Å². The third-order valence-corrected chi connectivity index (χ3v) is 6.64. The number of Topliss-reactive ketones (excluding diaryl/α,β-unsaturated/α-hetero) is 1. The molecule has 158 valence electrons. The molecule has 0 amide bonds. The van der Waals surface area contributed by atoms with Crippen molar-refractivity contribution >= 4 is 29.0 Å². The van der Waals surface area contributed by atoms with Gasteiger partial charge >= 0.3 is 0 Å². The summed E-state index contributed by atoms with van der Waals surface area (Å²) < 4.78 is 5.49. The molecule has 1 aliphatic carbocycles. The molecule has 30 heavy (non-hydrogen) atoms. The van der Waals surface area contributed by atoms with Crippen molar-refractivity contribution in [2.45, 2.75) is 32.6 Å². The van der Waals surface area contributed by atoms with E-state index in [2.05, 4.69) is 24.9 Å². The fourth-order valence-corrected chi connectivity index (χ4v) is 4.90. The number of hydrazine groups is 1. The molecular weight excluding hydrogens is 423 g/mol. The van der Waals surface area contributed by atoms with E-state index in [-0.39, 0.29) is 11.2 Å². The minimum Gasteiger partial charge on any atom is -0.383 e. The Kier molecular flexibility index (Phi) is 5.58. The molecule has 1 fully saturated rings. The zero-order valence-corrected chi connectivity index (χ0v) is 18.6. The van der Waals surface area contributed by atoms with Crippen LogP contribution in [0.15, 0.2) is 40.9 Å². The molecule has 6 nitrogen and oxygen atoms in total. The van der Waals surface area contributed by atoms with Crippen molar-refractivity contribution in [1.29, 1.82) is 5.26 Å². The number of nitriles is 1. The van der Waals surface area contributed by atoms with E-state index in [1.807, 2.05) is 11.1 Å². The van der Waals surface area contributed by atoms with Crippen molar-refractivity contribution < 1.29 is 9.53 Å². The zero-order chi connectivity index (χ0) is 21.6. The second kappa shape index (κ2) is 7.90. The van der Waals surface area contributed by atoms with Crippen molar-refractivity contribution in [2.75, 3.05) is 26.3 Å². The maximum Gasteiger partial charge on any atom is 0.162 e. The SMILES string of the molecule is CC1(C)CC(=O)C2=C(C1)N(N1CCOCC1)C(N)=C(C#N)C2c1ccc(Cl)c(Cl)c1. The number of carbonyl (C=O) groups excluding carboxylic acids is 1. The molecule has 1 unspecified atom stereocenters. The molecule has 0 spiro atoms. The number of ether oxygens (including phenoxy) is 1. The Morgan fingerprint density at radius 2 is 1.90 bits per heavy atom. The Balaban J connectivity index is 1.93. The van der Waals surface area contributed by atoms with Crippen LogP contribution in [0.1, 0.15) is 38.2 Å². The van der Waals surface area contributed by atoms with E-state index in [1.54, 1.807) is 12.1 Å². The first kappa shape index (κ1) is 21.2. The van der Waals surface area contributed by atoms with Gasteiger partial charge in [0.05, 0.1) is 40.8 Å². The van der Waals surface area contributed by atoms with Crippen molar-refractivity contribution in [3.05, 3.63) is 56.5 Å². The average molecular weight is 447 g/mol. The Hall–Kier alpha value is -2.04. The van der Waals surface area contributed by atoms with Gasteiger partial charge in [-0.15, -0.1) is 0 Å². The Bertz CT molecular complexity index is 1000. The highest BCUT2D eigenvalue weighted by Crippen LogP contribution is 2.49. The lowest BCUT2D eigenvalue weighted by Gasteiger charge is -2.48. The molecule has 4 rings (SSSR count). The van der Waals surface area contributed by atoms with Crippen molar-refractivity contribution in [2.24, 2.45) is 11.1 Å². The summed E-state index contributed by atoms with van der Waals surface area (Å²) in [6.07, 6.45) is 1.10. The van der Waals surface area contributed by atoms with Crippen LogP contribution in [0.25, 0.3) is 0 Å². The molecule has 2 N–H and O–H groups in total. The molecule has 2 heterocycles. The van der Waals surface area contributed by atoms with Gasteiger partial charge in [0.2, 0.25) is 0 Å². The number of carbonyl (C=O) groups is 1. The van der Waals surface area contributed by atoms with Crippen LogP contribution in [0.4, 0.5) is 0 Å². The molecule has 0 bridgehead atoms. The lowest BCUT2D eigenvalue weighted by Crippen LogP contribution is -2.53. The number of rotatable bonds is 2. The number of benzene rings is 1. The van der Waals surface area contributed by atoms with Gasteiger partial charge in [0.25, 0.3) is 0 Å². The average Bonchev–Trinajstić information content (AvgIpc) is 2.69. The summed E-state index contributed by atoms with van der Waals surface area (Å²) in [6, 6.07) is 7.50. The number of morpholine rings is 1. The van der Waals surface area contributed by atoms with Crippen LogP contribution in [0, 0.1) is 16.7 Å². The molecule has 8 heteroatoms. The minimum absolute atomic E-state index is 0.0378. The monoisotopic (exact) mass is 446 g/mol. The molecule has 1 aromatic carbocycles. The van der Waals surface area contributed by atoms with Crippen LogP contribution >= 0.6 is 23.2 Å². The number of halogens is 2. The van der Waals surface area contributed by atoms with Crippen LogP contribution in [-0.2, 0) is 9.53 Å². The number of allylic oxidation sites excluding steroid dienone is 3. The fraction of sp³-hybridized carbons (Fsp3) is 0.455. The highest BCUT2D eigenvalue weighted by atomic mass is 35.5. The van der Waals surface area contributed by atoms with Crippen LogP contribution < -0.4 is 5.73 Å². The number of nitrogens with zero attached hydrogens (tertiary/aromatic N) is 3. The van der Waals surface area contributed by atoms with Gasteiger partial charge in [0.1, 0.15) is 5.82 Å². The fourth-order valence-electron chi connectivity index (χ4n) is 4.59. The minimum atomic E-state index is -0.555. The highest BCUT2D eigenvalue weighted by Gasteiger charge is 2.45. The van der Waals surface area contributed by atoms with Gasteiger partial charge in [-0.3, -0.25) is 9.80 Å². The van der Waals surface area contributed by atoms with Crippen LogP contribution in [0.5, 0.6) is 0 Å². The summed E-state index contributed by atoms with van der Waals surface area (Å²) in [5.74, 6) is -0.156. The molecule has 0 radical (unpaired) electrons. The number of nitrogens with two attached hydrogens (primary N) is 1. The molecule has 1 aromatic rings. The predicted octanol–water partition coefficient (Wildman–Crippen LogP) is 3.98. The number of ketones is 1. The maximum atomic E-state index is 13.4. The second-order valence-electron chi connectivity index (χ2n) is 8.70. The van der Waals surface area contributed by atoms with Gasteiger partial charge in [-0.25, -0.2) is 5.01 Å². The van der Waals surface area contributed by atoms with E-state index in [9.17, 15) is 10.1 Å². The van der Waals surface area contributed by atoms with Gasteiger partial charge in [0, 0.05) is 30.8 Å². The summed E-state index contributed by atoms with van der Waals surface area (Å²) in [6.45, 7) is 6.59. The lowest BCUT2D eigenvalue weighted by molar-refractivity contribution is -0.119. The van der Waals surface area contributed by atoms with Gasteiger partial charge in [0.15, 0.2) is 5.78 Å². The van der Waals surface area contributed by atoms with E-state index in [4.69, 9.17) is 33.7 Å². The van der Waals surface area contributed by atoms with Crippen LogP contribution in [-0.4, -0.2) is 42.1 Å². The van der Waals surface area contributed by atoms with Crippen molar-refractivity contribution in [3.8, 4) is 6.07 Å². The molecule has 1 saturated heterocycles. The van der Waals surface area contributed by atoms with Gasteiger partial charge < -0.3 is 10.5 Å². The largest absolute Gasteiger partial charge is 0.383 e. The number of hydrogen-bond donors (Lipinski definition) is 1. The quantitative estimate of drug-likeness (QED) is 0.739. The molecule has 2 aliphatic heterocycles. The third-order valence-electron chi connectivity index (χ3n) is 5.90. The summed E-state index contributed by atoms with van der Waals surface area (Å²) in [5.41, 5.74) is 8.99. The van der Waals surface area contributed by atoms with E-state index >= 15 is 0 Å². The first-order valence-corrected chi connectivity index (χ1v) is 10.7.